The zero-order chi connectivity index (χ0) is 24.9. The summed E-state index contributed by atoms with van der Waals surface area (Å²) < 4.78 is 46.7. The molecule has 0 aliphatic carbocycles. The van der Waals surface area contributed by atoms with Crippen molar-refractivity contribution in [3.05, 3.63) is 46.5 Å². The number of halogens is 3. The van der Waals surface area contributed by atoms with E-state index in [2.05, 4.69) is 10.3 Å². The normalized spacial score (nSPS) is 22.5. The fourth-order valence-electron chi connectivity index (χ4n) is 4.77. The standard InChI is InChI=1S/C24H26F3N5O2S/c1-12-2-6-17-20(29)21(35-23(17)30-12)22(33)31-15-8-13-3-5-16(9-18(13)34-11-15)32-10-14(28)4-7-19(32)24(25,26)27/h2-3,5-6,9,14-15,19H,4,7-8,10-11,28-29H2,1H3,(H,31,33)/t14-,15+,19?/m0/s1. The number of benzene rings is 1. The van der Waals surface area contributed by atoms with Crippen LogP contribution in [-0.4, -0.2) is 48.3 Å². The highest BCUT2D eigenvalue weighted by Crippen LogP contribution is 2.38. The Labute approximate surface area is 204 Å². The predicted molar refractivity (Wildman–Crippen MR) is 130 cm³/mol. The minimum absolute atomic E-state index is 0.0351. The molecule has 4 heterocycles. The van der Waals surface area contributed by atoms with Crippen molar-refractivity contribution >= 4 is 38.8 Å². The first-order chi connectivity index (χ1) is 16.6. The summed E-state index contributed by atoms with van der Waals surface area (Å²) in [7, 11) is 0. The number of ether oxygens (including phenoxy) is 1. The van der Waals surface area contributed by atoms with Crippen LogP contribution in [-0.2, 0) is 6.42 Å². The number of anilines is 2. The van der Waals surface area contributed by atoms with E-state index in [-0.39, 0.29) is 37.6 Å². The lowest BCUT2D eigenvalue weighted by molar-refractivity contribution is -0.153. The summed E-state index contributed by atoms with van der Waals surface area (Å²) in [4.78, 5) is 19.8. The molecule has 11 heteroatoms. The van der Waals surface area contributed by atoms with E-state index in [4.69, 9.17) is 16.2 Å². The van der Waals surface area contributed by atoms with Crippen molar-refractivity contribution in [2.24, 2.45) is 5.73 Å². The van der Waals surface area contributed by atoms with Gasteiger partial charge in [0, 0.05) is 35.4 Å². The Bertz CT molecular complexity index is 1280. The van der Waals surface area contributed by atoms with E-state index in [1.807, 2.05) is 19.1 Å². The summed E-state index contributed by atoms with van der Waals surface area (Å²) >= 11 is 1.24. The minimum Gasteiger partial charge on any atom is -0.491 e. The van der Waals surface area contributed by atoms with E-state index >= 15 is 0 Å². The number of hydrogen-bond acceptors (Lipinski definition) is 7. The van der Waals surface area contributed by atoms with Crippen molar-refractivity contribution in [2.45, 2.75) is 50.5 Å². The van der Waals surface area contributed by atoms with E-state index in [0.29, 0.717) is 39.7 Å². The van der Waals surface area contributed by atoms with Crippen molar-refractivity contribution < 1.29 is 22.7 Å². The number of nitrogens with two attached hydrogens (primary N) is 2. The molecule has 0 radical (unpaired) electrons. The number of alkyl halides is 3. The topological polar surface area (TPSA) is 106 Å². The smallest absolute Gasteiger partial charge is 0.408 e. The van der Waals surface area contributed by atoms with Gasteiger partial charge in [-0.1, -0.05) is 6.07 Å². The molecule has 35 heavy (non-hydrogen) atoms. The number of aromatic nitrogens is 1. The Hall–Kier alpha value is -3.05. The molecule has 0 saturated carbocycles. The molecule has 2 aliphatic rings. The number of nitrogen functional groups attached to an aromatic ring is 1. The Morgan fingerprint density at radius 3 is 2.83 bits per heavy atom. The molecule has 2 aromatic heterocycles. The Morgan fingerprint density at radius 2 is 2.06 bits per heavy atom. The van der Waals surface area contributed by atoms with Crippen LogP contribution < -0.4 is 26.4 Å². The van der Waals surface area contributed by atoms with Crippen LogP contribution in [0.5, 0.6) is 5.75 Å². The van der Waals surface area contributed by atoms with Crippen LogP contribution in [0, 0.1) is 6.92 Å². The fourth-order valence-corrected chi connectivity index (χ4v) is 5.81. The third-order valence-electron chi connectivity index (χ3n) is 6.56. The lowest BCUT2D eigenvalue weighted by atomic mass is 9.96. The first kappa shape index (κ1) is 23.7. The summed E-state index contributed by atoms with van der Waals surface area (Å²) in [6.07, 6.45) is -3.54. The molecule has 2 aliphatic heterocycles. The summed E-state index contributed by atoms with van der Waals surface area (Å²) in [6, 6.07) is 6.59. The van der Waals surface area contributed by atoms with Crippen molar-refractivity contribution in [2.75, 3.05) is 23.8 Å². The van der Waals surface area contributed by atoms with Crippen LogP contribution in [0.4, 0.5) is 24.5 Å². The second kappa shape index (κ2) is 8.87. The second-order valence-corrected chi connectivity index (χ2v) is 10.2. The van der Waals surface area contributed by atoms with Gasteiger partial charge in [-0.2, -0.15) is 13.2 Å². The highest BCUT2D eigenvalue weighted by atomic mass is 32.1. The first-order valence-electron chi connectivity index (χ1n) is 11.4. The number of carbonyl (C=O) groups excluding carboxylic acids is 1. The van der Waals surface area contributed by atoms with Crippen LogP contribution in [0.3, 0.4) is 0 Å². The molecule has 0 bridgehead atoms. The highest BCUT2D eigenvalue weighted by molar-refractivity contribution is 7.21. The van der Waals surface area contributed by atoms with E-state index < -0.39 is 12.2 Å². The van der Waals surface area contributed by atoms with E-state index in [1.54, 1.807) is 18.2 Å². The molecule has 0 spiro atoms. The number of aryl methyl sites for hydroxylation is 1. The molecule has 5 rings (SSSR count). The Kier molecular flexibility index (Phi) is 6.00. The quantitative estimate of drug-likeness (QED) is 0.500. The average molecular weight is 506 g/mol. The SMILES string of the molecule is Cc1ccc2c(N)c(C(=O)N[C@H]3COc4cc(N5C[C@@H](N)CCC5C(F)(F)F)ccc4C3)sc2n1. The van der Waals surface area contributed by atoms with Gasteiger partial charge >= 0.3 is 6.18 Å². The van der Waals surface area contributed by atoms with E-state index in [0.717, 1.165) is 16.6 Å². The molecule has 7 nitrogen and oxygen atoms in total. The highest BCUT2D eigenvalue weighted by Gasteiger charge is 2.46. The van der Waals surface area contributed by atoms with Gasteiger partial charge in [-0.3, -0.25) is 4.79 Å². The molecule has 1 unspecified atom stereocenters. The van der Waals surface area contributed by atoms with Gasteiger partial charge in [-0.25, -0.2) is 4.98 Å². The summed E-state index contributed by atoms with van der Waals surface area (Å²) in [6.45, 7) is 2.21. The molecule has 3 atom stereocenters. The van der Waals surface area contributed by atoms with E-state index in [1.165, 1.54) is 16.2 Å². The summed E-state index contributed by atoms with van der Waals surface area (Å²) in [5, 5.41) is 3.71. The van der Waals surface area contributed by atoms with Crippen LogP contribution in [0.15, 0.2) is 30.3 Å². The third-order valence-corrected chi connectivity index (χ3v) is 7.67. The molecule has 1 fully saturated rings. The van der Waals surface area contributed by atoms with E-state index in [9.17, 15) is 18.0 Å². The largest absolute Gasteiger partial charge is 0.491 e. The van der Waals surface area contributed by atoms with Crippen molar-refractivity contribution in [3.63, 3.8) is 0 Å². The molecule has 3 aromatic rings. The molecule has 1 aromatic carbocycles. The second-order valence-electron chi connectivity index (χ2n) is 9.17. The molecule has 186 valence electrons. The molecule has 1 saturated heterocycles. The monoisotopic (exact) mass is 505 g/mol. The zero-order valence-electron chi connectivity index (χ0n) is 19.1. The lowest BCUT2D eigenvalue weighted by Crippen LogP contribution is -2.54. The number of rotatable bonds is 3. The predicted octanol–water partition coefficient (Wildman–Crippen LogP) is 3.78. The number of carbonyl (C=O) groups is 1. The number of thiophene rings is 1. The van der Waals surface area contributed by atoms with Gasteiger partial charge in [-0.15, -0.1) is 11.3 Å². The summed E-state index contributed by atoms with van der Waals surface area (Å²) in [5.41, 5.74) is 14.7. The maximum absolute atomic E-state index is 13.6. The fraction of sp³-hybridized carbons (Fsp3) is 0.417. The Morgan fingerprint density at radius 1 is 1.26 bits per heavy atom. The van der Waals surface area contributed by atoms with Crippen molar-refractivity contribution in [3.8, 4) is 5.75 Å². The minimum atomic E-state index is -4.34. The zero-order valence-corrected chi connectivity index (χ0v) is 19.9. The number of nitrogens with one attached hydrogen (secondary N) is 1. The Balaban J connectivity index is 1.31. The first-order valence-corrected chi connectivity index (χ1v) is 12.2. The molecule has 5 N–H and O–H groups in total. The number of fused-ring (bicyclic) bond motifs is 2. The van der Waals surface area contributed by atoms with Gasteiger partial charge < -0.3 is 26.4 Å². The van der Waals surface area contributed by atoms with Crippen LogP contribution in [0.25, 0.3) is 10.2 Å². The lowest BCUT2D eigenvalue weighted by Gasteiger charge is -2.41. The van der Waals surface area contributed by atoms with Crippen LogP contribution >= 0.6 is 11.3 Å². The van der Waals surface area contributed by atoms with Gasteiger partial charge in [-0.05, 0) is 49.9 Å². The number of piperidine rings is 1. The number of hydrogen-bond donors (Lipinski definition) is 3. The number of amides is 1. The van der Waals surface area contributed by atoms with Crippen LogP contribution in [0.2, 0.25) is 0 Å². The molecule has 1 amide bonds. The maximum atomic E-state index is 13.6. The van der Waals surface area contributed by atoms with Gasteiger partial charge in [0.25, 0.3) is 5.91 Å². The van der Waals surface area contributed by atoms with Gasteiger partial charge in [0.2, 0.25) is 0 Å². The van der Waals surface area contributed by atoms with Crippen molar-refractivity contribution in [1.82, 2.24) is 10.3 Å². The van der Waals surface area contributed by atoms with Crippen molar-refractivity contribution in [1.29, 1.82) is 0 Å². The number of pyridine rings is 1. The average Bonchev–Trinajstić information content (AvgIpc) is 3.13. The third kappa shape index (κ3) is 4.62. The van der Waals surface area contributed by atoms with Gasteiger partial charge in [0.15, 0.2) is 0 Å². The maximum Gasteiger partial charge on any atom is 0.408 e. The number of nitrogens with zero attached hydrogens (tertiary/aromatic N) is 2. The molecular weight excluding hydrogens is 479 g/mol. The molecular formula is C24H26F3N5O2S. The van der Waals surface area contributed by atoms with Gasteiger partial charge in [0.05, 0.1) is 11.7 Å². The van der Waals surface area contributed by atoms with Crippen LogP contribution in [0.1, 0.15) is 33.8 Å². The summed E-state index contributed by atoms with van der Waals surface area (Å²) in [5.74, 6) is 0.223. The van der Waals surface area contributed by atoms with Gasteiger partial charge in [0.1, 0.15) is 28.1 Å².